The standard InChI is InChI=1S/C21H23ClN2O4S/c1-21(2)10-15-16(12-28-21)29-19-17(15)18(26)23(8-3-9-25)20(27)24(19)11-13-4-6-14(22)7-5-13/h4-7,25H,3,8-12H2,1-2H3. The molecule has 0 fully saturated rings. The maximum absolute atomic E-state index is 13.3. The van der Waals surface area contributed by atoms with Crippen molar-refractivity contribution in [2.45, 2.75) is 52.0 Å². The van der Waals surface area contributed by atoms with Crippen LogP contribution in [-0.4, -0.2) is 26.4 Å². The van der Waals surface area contributed by atoms with Crippen LogP contribution in [0.15, 0.2) is 33.9 Å². The molecule has 3 aromatic rings. The van der Waals surface area contributed by atoms with Crippen molar-refractivity contribution >= 4 is 33.2 Å². The second-order valence-electron chi connectivity index (χ2n) is 7.94. The van der Waals surface area contributed by atoms with Crippen molar-refractivity contribution in [2.24, 2.45) is 0 Å². The highest BCUT2D eigenvalue weighted by molar-refractivity contribution is 7.18. The summed E-state index contributed by atoms with van der Waals surface area (Å²) in [6, 6.07) is 7.33. The number of ether oxygens (including phenoxy) is 1. The summed E-state index contributed by atoms with van der Waals surface area (Å²) in [6.07, 6.45) is 0.971. The third kappa shape index (κ3) is 3.80. The predicted molar refractivity (Wildman–Crippen MR) is 115 cm³/mol. The molecule has 0 amide bonds. The van der Waals surface area contributed by atoms with Crippen LogP contribution in [0, 0.1) is 0 Å². The largest absolute Gasteiger partial charge is 0.396 e. The molecule has 1 aliphatic heterocycles. The monoisotopic (exact) mass is 434 g/mol. The second kappa shape index (κ2) is 7.72. The van der Waals surface area contributed by atoms with E-state index in [1.807, 2.05) is 26.0 Å². The molecule has 1 aliphatic rings. The number of hydrogen-bond donors (Lipinski definition) is 1. The summed E-state index contributed by atoms with van der Waals surface area (Å²) in [4.78, 5) is 28.2. The number of benzene rings is 1. The van der Waals surface area contributed by atoms with Crippen LogP contribution in [0.3, 0.4) is 0 Å². The van der Waals surface area contributed by atoms with Gasteiger partial charge in [-0.25, -0.2) is 4.79 Å². The Morgan fingerprint density at radius 1 is 1.21 bits per heavy atom. The van der Waals surface area contributed by atoms with E-state index in [1.54, 1.807) is 16.7 Å². The van der Waals surface area contributed by atoms with E-state index in [0.29, 0.717) is 41.2 Å². The first-order valence-electron chi connectivity index (χ1n) is 9.58. The van der Waals surface area contributed by atoms with Crippen LogP contribution < -0.4 is 11.2 Å². The highest BCUT2D eigenvalue weighted by Crippen LogP contribution is 2.37. The first-order valence-corrected chi connectivity index (χ1v) is 10.8. The minimum atomic E-state index is -0.361. The molecule has 8 heteroatoms. The van der Waals surface area contributed by atoms with E-state index in [1.165, 1.54) is 15.9 Å². The molecular weight excluding hydrogens is 412 g/mol. The van der Waals surface area contributed by atoms with Crippen LogP contribution in [0.25, 0.3) is 10.2 Å². The zero-order valence-electron chi connectivity index (χ0n) is 16.4. The summed E-state index contributed by atoms with van der Waals surface area (Å²) >= 11 is 7.45. The van der Waals surface area contributed by atoms with Crippen LogP contribution in [-0.2, 0) is 30.9 Å². The highest BCUT2D eigenvalue weighted by Gasteiger charge is 2.31. The fraction of sp³-hybridized carbons (Fsp3) is 0.429. The van der Waals surface area contributed by atoms with E-state index >= 15 is 0 Å². The molecule has 3 heterocycles. The van der Waals surface area contributed by atoms with E-state index in [9.17, 15) is 14.7 Å². The number of hydrogen-bond acceptors (Lipinski definition) is 5. The number of nitrogens with zero attached hydrogens (tertiary/aromatic N) is 2. The van der Waals surface area contributed by atoms with E-state index in [0.717, 1.165) is 16.0 Å². The smallest absolute Gasteiger partial charge is 0.332 e. The quantitative estimate of drug-likeness (QED) is 0.669. The maximum atomic E-state index is 13.3. The molecule has 0 spiro atoms. The summed E-state index contributed by atoms with van der Waals surface area (Å²) < 4.78 is 8.84. The van der Waals surface area contributed by atoms with Crippen molar-refractivity contribution in [3.8, 4) is 0 Å². The third-order valence-electron chi connectivity index (χ3n) is 5.23. The molecule has 0 bridgehead atoms. The van der Waals surface area contributed by atoms with Gasteiger partial charge in [0.1, 0.15) is 4.83 Å². The van der Waals surface area contributed by atoms with Gasteiger partial charge in [0.05, 0.1) is 24.1 Å². The van der Waals surface area contributed by atoms with Crippen LogP contribution in [0.5, 0.6) is 0 Å². The van der Waals surface area contributed by atoms with Crippen LogP contribution in [0.1, 0.15) is 36.3 Å². The number of rotatable bonds is 5. The summed E-state index contributed by atoms with van der Waals surface area (Å²) in [5.74, 6) is 0. The fourth-order valence-corrected chi connectivity index (χ4v) is 5.08. The van der Waals surface area contributed by atoms with E-state index < -0.39 is 0 Å². The molecule has 154 valence electrons. The number of aliphatic hydroxyl groups is 1. The predicted octanol–water partition coefficient (Wildman–Crippen LogP) is 3.16. The number of thiophene rings is 1. The highest BCUT2D eigenvalue weighted by atomic mass is 35.5. The van der Waals surface area contributed by atoms with Gasteiger partial charge in [-0.05, 0) is 43.5 Å². The average Bonchev–Trinajstić information content (AvgIpc) is 3.04. The molecule has 2 aromatic heterocycles. The Balaban J connectivity index is 1.95. The van der Waals surface area contributed by atoms with Gasteiger partial charge in [-0.3, -0.25) is 13.9 Å². The normalized spacial score (nSPS) is 15.6. The number of aromatic nitrogens is 2. The summed E-state index contributed by atoms with van der Waals surface area (Å²) in [7, 11) is 0. The average molecular weight is 435 g/mol. The Kier molecular flexibility index (Phi) is 5.42. The lowest BCUT2D eigenvalue weighted by atomic mass is 9.94. The van der Waals surface area contributed by atoms with Crippen LogP contribution in [0.4, 0.5) is 0 Å². The van der Waals surface area contributed by atoms with E-state index in [4.69, 9.17) is 16.3 Å². The van der Waals surface area contributed by atoms with Gasteiger partial charge in [0.2, 0.25) is 0 Å². The van der Waals surface area contributed by atoms with Gasteiger partial charge in [-0.2, -0.15) is 0 Å². The molecule has 0 radical (unpaired) electrons. The zero-order chi connectivity index (χ0) is 20.8. The summed E-state index contributed by atoms with van der Waals surface area (Å²) in [5, 5.41) is 10.5. The molecule has 0 aliphatic carbocycles. The lowest BCUT2D eigenvalue weighted by Crippen LogP contribution is -2.40. The van der Waals surface area contributed by atoms with Gasteiger partial charge in [0, 0.05) is 29.5 Å². The molecule has 6 nitrogen and oxygen atoms in total. The molecule has 4 rings (SSSR count). The second-order valence-corrected chi connectivity index (χ2v) is 9.46. The molecule has 0 saturated carbocycles. The minimum absolute atomic E-state index is 0.0796. The Morgan fingerprint density at radius 2 is 1.93 bits per heavy atom. The minimum Gasteiger partial charge on any atom is -0.396 e. The van der Waals surface area contributed by atoms with E-state index in [-0.39, 0.29) is 30.0 Å². The van der Waals surface area contributed by atoms with Crippen molar-refractivity contribution in [3.63, 3.8) is 0 Å². The van der Waals surface area contributed by atoms with Crippen LogP contribution in [0.2, 0.25) is 5.02 Å². The van der Waals surface area contributed by atoms with Gasteiger partial charge in [0.15, 0.2) is 0 Å². The van der Waals surface area contributed by atoms with Crippen molar-refractivity contribution < 1.29 is 9.84 Å². The maximum Gasteiger partial charge on any atom is 0.332 e. The van der Waals surface area contributed by atoms with Crippen molar-refractivity contribution in [3.05, 3.63) is 66.1 Å². The summed E-state index contributed by atoms with van der Waals surface area (Å²) in [5.41, 5.74) is 0.910. The van der Waals surface area contributed by atoms with Crippen molar-refractivity contribution in [1.29, 1.82) is 0 Å². The SMILES string of the molecule is CC1(C)Cc2c(sc3c2c(=O)n(CCCO)c(=O)n3Cc2ccc(Cl)cc2)CO1. The lowest BCUT2D eigenvalue weighted by Gasteiger charge is -2.29. The molecular formula is C21H23ClN2O4S. The van der Waals surface area contributed by atoms with Gasteiger partial charge in [-0.15, -0.1) is 11.3 Å². The Bertz CT molecular complexity index is 1170. The topological polar surface area (TPSA) is 73.5 Å². The van der Waals surface area contributed by atoms with Gasteiger partial charge in [0.25, 0.3) is 5.56 Å². The Labute approximate surface area is 176 Å². The fourth-order valence-electron chi connectivity index (χ4n) is 3.74. The molecule has 0 atom stereocenters. The zero-order valence-corrected chi connectivity index (χ0v) is 18.0. The molecule has 1 N–H and O–H groups in total. The number of aliphatic hydroxyl groups excluding tert-OH is 1. The lowest BCUT2D eigenvalue weighted by molar-refractivity contribution is -0.0379. The third-order valence-corrected chi connectivity index (χ3v) is 6.71. The Morgan fingerprint density at radius 3 is 2.62 bits per heavy atom. The molecule has 29 heavy (non-hydrogen) atoms. The van der Waals surface area contributed by atoms with Crippen molar-refractivity contribution in [1.82, 2.24) is 9.13 Å². The van der Waals surface area contributed by atoms with E-state index in [2.05, 4.69) is 0 Å². The first-order chi connectivity index (χ1) is 13.8. The number of halogens is 1. The van der Waals surface area contributed by atoms with Gasteiger partial charge >= 0.3 is 5.69 Å². The Hall–Kier alpha value is -1.93. The molecule has 1 aromatic carbocycles. The van der Waals surface area contributed by atoms with Gasteiger partial charge in [-0.1, -0.05) is 23.7 Å². The number of fused-ring (bicyclic) bond motifs is 3. The summed E-state index contributed by atoms with van der Waals surface area (Å²) in [6.45, 7) is 4.91. The first kappa shape index (κ1) is 20.3. The van der Waals surface area contributed by atoms with Crippen LogP contribution >= 0.6 is 22.9 Å². The molecule has 0 saturated heterocycles. The molecule has 0 unspecified atom stereocenters. The van der Waals surface area contributed by atoms with Crippen molar-refractivity contribution in [2.75, 3.05) is 6.61 Å². The van der Waals surface area contributed by atoms with Gasteiger partial charge < -0.3 is 9.84 Å².